The summed E-state index contributed by atoms with van der Waals surface area (Å²) in [5, 5.41) is 1.20. The van der Waals surface area contributed by atoms with E-state index in [1.165, 1.54) is 10.9 Å². The van der Waals surface area contributed by atoms with E-state index in [2.05, 4.69) is 37.6 Å². The number of hydrogen-bond acceptors (Lipinski definition) is 3. The fourth-order valence-corrected chi connectivity index (χ4v) is 4.46. The number of sulfonamides is 1. The Labute approximate surface area is 164 Å². The average Bonchev–Trinajstić information content (AvgIpc) is 3.35. The molecule has 0 bridgehead atoms. The Bertz CT molecular complexity index is 1150. The second-order valence-corrected chi connectivity index (χ2v) is 8.41. The minimum atomic E-state index is -3.46. The molecule has 28 heavy (non-hydrogen) atoms. The minimum absolute atomic E-state index is 0.294. The molecule has 144 valence electrons. The molecule has 2 N–H and O–H groups in total. The predicted octanol–water partition coefficient (Wildman–Crippen LogP) is 3.32. The maximum absolute atomic E-state index is 12.3. The van der Waals surface area contributed by atoms with Crippen molar-refractivity contribution in [1.82, 2.24) is 19.3 Å². The monoisotopic (exact) mass is 394 g/mol. The van der Waals surface area contributed by atoms with Crippen LogP contribution in [0.15, 0.2) is 78.1 Å². The summed E-state index contributed by atoms with van der Waals surface area (Å²) in [5.74, 6) is 0.929. The van der Waals surface area contributed by atoms with Crippen molar-refractivity contribution in [2.45, 2.75) is 24.3 Å². The first-order valence-electron chi connectivity index (χ1n) is 9.23. The Morgan fingerprint density at radius 3 is 2.61 bits per heavy atom. The van der Waals surface area contributed by atoms with Crippen molar-refractivity contribution in [3.05, 3.63) is 84.6 Å². The van der Waals surface area contributed by atoms with E-state index in [0.717, 1.165) is 24.3 Å². The van der Waals surface area contributed by atoms with Crippen LogP contribution >= 0.6 is 0 Å². The Morgan fingerprint density at radius 2 is 1.82 bits per heavy atom. The summed E-state index contributed by atoms with van der Waals surface area (Å²) in [4.78, 5) is 7.76. The number of rotatable bonds is 8. The second-order valence-electron chi connectivity index (χ2n) is 6.64. The van der Waals surface area contributed by atoms with Gasteiger partial charge < -0.3 is 9.55 Å². The zero-order valence-electron chi connectivity index (χ0n) is 15.4. The zero-order valence-corrected chi connectivity index (χ0v) is 16.2. The molecule has 0 aliphatic carbocycles. The largest absolute Gasteiger partial charge is 0.348 e. The SMILES string of the molecule is O=S(=O)(NCCCn1cc(Cc2ncc[nH]2)c2ccccc21)c1ccccc1. The van der Waals surface area contributed by atoms with Crippen LogP contribution in [0.25, 0.3) is 10.9 Å². The zero-order chi connectivity index (χ0) is 19.4. The maximum Gasteiger partial charge on any atom is 0.240 e. The highest BCUT2D eigenvalue weighted by Gasteiger charge is 2.13. The van der Waals surface area contributed by atoms with Crippen molar-refractivity contribution >= 4 is 20.9 Å². The lowest BCUT2D eigenvalue weighted by atomic mass is 10.1. The van der Waals surface area contributed by atoms with E-state index in [9.17, 15) is 8.42 Å². The Morgan fingerprint density at radius 1 is 1.04 bits per heavy atom. The van der Waals surface area contributed by atoms with Gasteiger partial charge in [-0.25, -0.2) is 18.1 Å². The first-order chi connectivity index (χ1) is 13.6. The van der Waals surface area contributed by atoms with Crippen molar-refractivity contribution in [3.63, 3.8) is 0 Å². The Kier molecular flexibility index (Phi) is 5.27. The summed E-state index contributed by atoms with van der Waals surface area (Å²) in [6.07, 6.45) is 7.16. The lowest BCUT2D eigenvalue weighted by molar-refractivity contribution is 0.572. The Hall–Kier alpha value is -2.90. The van der Waals surface area contributed by atoms with Gasteiger partial charge in [0.1, 0.15) is 5.82 Å². The fraction of sp³-hybridized carbons (Fsp3) is 0.190. The van der Waals surface area contributed by atoms with Gasteiger partial charge in [0.15, 0.2) is 0 Å². The summed E-state index contributed by atoms with van der Waals surface area (Å²) in [6, 6.07) is 16.7. The van der Waals surface area contributed by atoms with Crippen molar-refractivity contribution in [1.29, 1.82) is 0 Å². The molecule has 2 heterocycles. The molecule has 2 aromatic carbocycles. The van der Waals surface area contributed by atoms with E-state index in [1.54, 1.807) is 36.5 Å². The molecule has 0 fully saturated rings. The van der Waals surface area contributed by atoms with E-state index in [0.29, 0.717) is 17.9 Å². The van der Waals surface area contributed by atoms with Crippen molar-refractivity contribution in [3.8, 4) is 0 Å². The number of nitrogens with zero attached hydrogens (tertiary/aromatic N) is 2. The van der Waals surface area contributed by atoms with Crippen molar-refractivity contribution in [2.24, 2.45) is 0 Å². The van der Waals surface area contributed by atoms with Gasteiger partial charge >= 0.3 is 0 Å². The Balaban J connectivity index is 1.44. The first-order valence-corrected chi connectivity index (χ1v) is 10.7. The lowest BCUT2D eigenvalue weighted by Gasteiger charge is -2.08. The van der Waals surface area contributed by atoms with Crippen LogP contribution in [0.1, 0.15) is 17.8 Å². The molecule has 0 saturated heterocycles. The van der Waals surface area contributed by atoms with Gasteiger partial charge in [0, 0.05) is 49.0 Å². The van der Waals surface area contributed by atoms with Gasteiger partial charge in [0.05, 0.1) is 4.90 Å². The molecular weight excluding hydrogens is 372 g/mol. The number of nitrogens with one attached hydrogen (secondary N) is 2. The molecule has 4 aromatic rings. The summed E-state index contributed by atoms with van der Waals surface area (Å²) in [5.41, 5.74) is 2.35. The third-order valence-corrected chi connectivity index (χ3v) is 6.18. The number of aromatic amines is 1. The highest BCUT2D eigenvalue weighted by Crippen LogP contribution is 2.23. The van der Waals surface area contributed by atoms with Gasteiger partial charge in [-0.1, -0.05) is 36.4 Å². The summed E-state index contributed by atoms with van der Waals surface area (Å²) >= 11 is 0. The molecule has 6 nitrogen and oxygen atoms in total. The molecule has 0 aliphatic rings. The van der Waals surface area contributed by atoms with E-state index in [1.807, 2.05) is 18.3 Å². The quantitative estimate of drug-likeness (QED) is 0.450. The number of para-hydroxylation sites is 1. The summed E-state index contributed by atoms with van der Waals surface area (Å²) < 4.78 is 29.5. The van der Waals surface area contributed by atoms with Gasteiger partial charge in [0.2, 0.25) is 10.0 Å². The molecule has 0 saturated carbocycles. The van der Waals surface area contributed by atoms with Crippen LogP contribution in [-0.4, -0.2) is 29.5 Å². The number of imidazole rings is 1. The fourth-order valence-electron chi connectivity index (χ4n) is 3.36. The topological polar surface area (TPSA) is 79.8 Å². The van der Waals surface area contributed by atoms with Crippen LogP contribution in [0.3, 0.4) is 0 Å². The third kappa shape index (κ3) is 4.00. The number of aryl methyl sites for hydroxylation is 1. The molecular formula is C21H22N4O2S. The van der Waals surface area contributed by atoms with Gasteiger partial charge in [0.25, 0.3) is 0 Å². The molecule has 7 heteroatoms. The van der Waals surface area contributed by atoms with Gasteiger partial charge in [-0.3, -0.25) is 0 Å². The highest BCUT2D eigenvalue weighted by atomic mass is 32.2. The minimum Gasteiger partial charge on any atom is -0.348 e. The molecule has 0 radical (unpaired) electrons. The van der Waals surface area contributed by atoms with Crippen LogP contribution in [0.2, 0.25) is 0 Å². The smallest absolute Gasteiger partial charge is 0.240 e. The number of aromatic nitrogens is 3. The number of H-pyrrole nitrogens is 1. The van der Waals surface area contributed by atoms with Crippen molar-refractivity contribution < 1.29 is 8.42 Å². The van der Waals surface area contributed by atoms with Crippen LogP contribution in [0.5, 0.6) is 0 Å². The van der Waals surface area contributed by atoms with Crippen LogP contribution in [0, 0.1) is 0 Å². The van der Waals surface area contributed by atoms with Gasteiger partial charge in [-0.2, -0.15) is 0 Å². The summed E-state index contributed by atoms with van der Waals surface area (Å²) in [7, 11) is -3.46. The molecule has 4 rings (SSSR count). The van der Waals surface area contributed by atoms with Crippen LogP contribution in [-0.2, 0) is 23.0 Å². The van der Waals surface area contributed by atoms with E-state index >= 15 is 0 Å². The molecule has 0 unspecified atom stereocenters. The van der Waals surface area contributed by atoms with E-state index < -0.39 is 10.0 Å². The van der Waals surface area contributed by atoms with Crippen LogP contribution < -0.4 is 4.72 Å². The maximum atomic E-state index is 12.3. The van der Waals surface area contributed by atoms with E-state index in [4.69, 9.17) is 0 Å². The first kappa shape index (κ1) is 18.5. The predicted molar refractivity (Wildman–Crippen MR) is 110 cm³/mol. The lowest BCUT2D eigenvalue weighted by Crippen LogP contribution is -2.25. The molecule has 0 atom stereocenters. The number of fused-ring (bicyclic) bond motifs is 1. The molecule has 0 aliphatic heterocycles. The number of hydrogen-bond donors (Lipinski definition) is 2. The average molecular weight is 395 g/mol. The van der Waals surface area contributed by atoms with Gasteiger partial charge in [-0.15, -0.1) is 0 Å². The standard InChI is InChI=1S/C21H22N4O2S/c26-28(27,18-7-2-1-3-8-18)24-11-6-14-25-16-17(15-21-22-12-13-23-21)19-9-4-5-10-20(19)25/h1-5,7-10,12-13,16,24H,6,11,14-15H2,(H,22,23). The van der Waals surface area contributed by atoms with Crippen LogP contribution in [0.4, 0.5) is 0 Å². The number of benzene rings is 2. The van der Waals surface area contributed by atoms with Gasteiger partial charge in [-0.05, 0) is 30.2 Å². The second kappa shape index (κ2) is 8.00. The third-order valence-electron chi connectivity index (χ3n) is 4.71. The normalized spacial score (nSPS) is 11.9. The molecule has 0 amide bonds. The molecule has 0 spiro atoms. The summed E-state index contributed by atoms with van der Waals surface area (Å²) in [6.45, 7) is 1.12. The highest BCUT2D eigenvalue weighted by molar-refractivity contribution is 7.89. The van der Waals surface area contributed by atoms with E-state index in [-0.39, 0.29) is 0 Å². The molecule has 2 aromatic heterocycles. The van der Waals surface area contributed by atoms with Crippen molar-refractivity contribution in [2.75, 3.05) is 6.54 Å².